The molecule has 4 aliphatic rings. The molecule has 0 bridgehead atoms. The van der Waals surface area contributed by atoms with E-state index in [1.807, 2.05) is 0 Å². The molecule has 2 aromatic rings. The molecule has 8 atom stereocenters. The molecule has 4 N–H and O–H groups in total. The maximum absolute atomic E-state index is 10.2. The van der Waals surface area contributed by atoms with E-state index in [0.717, 1.165) is 48.3 Å². The summed E-state index contributed by atoms with van der Waals surface area (Å²) >= 11 is 0. The number of nitrogens with two attached hydrogens (primary N) is 1. The van der Waals surface area contributed by atoms with Gasteiger partial charge >= 0.3 is 0 Å². The number of aromatic nitrogens is 4. The number of hydrogen-bond donors (Lipinski definition) is 3. The lowest BCUT2D eigenvalue weighted by Crippen LogP contribution is -2.50. The van der Waals surface area contributed by atoms with Crippen LogP contribution in [-0.2, 0) is 0 Å². The van der Waals surface area contributed by atoms with Crippen molar-refractivity contribution in [2.75, 3.05) is 5.73 Å². The van der Waals surface area contributed by atoms with Crippen molar-refractivity contribution >= 4 is 17.0 Å². The first-order valence-corrected chi connectivity index (χ1v) is 15.4. The highest BCUT2D eigenvalue weighted by Gasteiger charge is 2.59. The maximum Gasteiger partial charge on any atom is 0.162 e. The Balaban J connectivity index is 0.000000244. The lowest BCUT2D eigenvalue weighted by molar-refractivity contribution is -0.0573. The summed E-state index contributed by atoms with van der Waals surface area (Å²) in [5.74, 6) is 5.87. The summed E-state index contributed by atoms with van der Waals surface area (Å²) in [4.78, 5) is 14.4. The van der Waals surface area contributed by atoms with Crippen LogP contribution in [0.5, 0.6) is 0 Å². The topological polar surface area (TPSA) is 101 Å². The number of rotatable bonds is 5. The highest BCUT2D eigenvalue weighted by atomic mass is 16.3. The van der Waals surface area contributed by atoms with E-state index < -0.39 is 0 Å². The Bertz CT molecular complexity index is 1130. The van der Waals surface area contributed by atoms with Crippen LogP contribution in [0.25, 0.3) is 11.2 Å². The van der Waals surface area contributed by atoms with Gasteiger partial charge in [-0.15, -0.1) is 0 Å². The highest BCUT2D eigenvalue weighted by molar-refractivity contribution is 5.80. The minimum Gasteiger partial charge on any atom is -0.393 e. The lowest BCUT2D eigenvalue weighted by atomic mass is 9.47. The fraction of sp³-hybridized carbons (Fsp3) is 0.781. The molecule has 6 nitrogen and oxygen atoms in total. The predicted molar refractivity (Wildman–Crippen MR) is 155 cm³/mol. The van der Waals surface area contributed by atoms with Gasteiger partial charge in [0.05, 0.1) is 12.4 Å². The molecule has 0 spiro atoms. The van der Waals surface area contributed by atoms with Gasteiger partial charge in [-0.3, -0.25) is 0 Å². The van der Waals surface area contributed by atoms with E-state index in [2.05, 4.69) is 60.6 Å². The van der Waals surface area contributed by atoms with E-state index >= 15 is 0 Å². The Hall–Kier alpha value is -1.95. The average molecular weight is 522 g/mol. The second kappa shape index (κ2) is 10.9. The molecule has 4 aliphatic carbocycles. The van der Waals surface area contributed by atoms with Gasteiger partial charge in [-0.2, -0.15) is 0 Å². The van der Waals surface area contributed by atoms with Gasteiger partial charge in [-0.1, -0.05) is 65.5 Å². The summed E-state index contributed by atoms with van der Waals surface area (Å²) < 4.78 is 0. The molecule has 6 heteroatoms. The van der Waals surface area contributed by atoms with Crippen LogP contribution in [0.1, 0.15) is 105 Å². The van der Waals surface area contributed by atoms with E-state index in [1.54, 1.807) is 5.57 Å². The van der Waals surface area contributed by atoms with Gasteiger partial charge in [0, 0.05) is 0 Å². The third-order valence-corrected chi connectivity index (χ3v) is 11.5. The normalized spacial score (nSPS) is 37.0. The number of hydrogen-bond acceptors (Lipinski definition) is 5. The van der Waals surface area contributed by atoms with E-state index in [9.17, 15) is 5.11 Å². The summed E-state index contributed by atoms with van der Waals surface area (Å²) in [6, 6.07) is 0. The minimum atomic E-state index is -0.0766. The number of nitrogens with one attached hydrogen (secondary N) is 1. The standard InChI is InChI=1S/C27H46O.C5H5N5/c1-18(2)7-6-8-19(3)23-11-12-24-22-10-9-20-17-21(28)13-15-26(20,4)25(22)14-16-27(23,24)5;6-4-3-5(9-1-7-3)10-2-8-4/h9,18-19,21-25,28H,6-8,10-17H2,1-5H3;1-2H,(H3,6,7,8,9,10)/t19-,21+,22+,23-,24+,25+,26+,27-;/m1./s1. The fourth-order valence-electron chi connectivity index (χ4n) is 9.45. The second-order valence-corrected chi connectivity index (χ2v) is 14.0. The van der Waals surface area contributed by atoms with Crippen molar-refractivity contribution < 1.29 is 5.11 Å². The molecule has 0 radical (unpaired) electrons. The third-order valence-electron chi connectivity index (χ3n) is 11.5. The van der Waals surface area contributed by atoms with E-state index in [0.29, 0.717) is 27.8 Å². The maximum atomic E-state index is 10.2. The quantitative estimate of drug-likeness (QED) is 0.358. The molecule has 6 rings (SSSR count). The molecule has 38 heavy (non-hydrogen) atoms. The lowest BCUT2D eigenvalue weighted by Gasteiger charge is -2.58. The van der Waals surface area contributed by atoms with Crippen molar-refractivity contribution in [2.45, 2.75) is 111 Å². The SMILES string of the molecule is CC(C)CCC[C@@H](C)[C@H]1CC[C@H]2[C@@H]3CC=C4C[C@@H](O)CC[C@]4(C)[C@H]3CC[C@]12C.Nc1ncnc2[nH]cnc12. The first-order valence-electron chi connectivity index (χ1n) is 15.4. The summed E-state index contributed by atoms with van der Waals surface area (Å²) in [5.41, 5.74) is 9.37. The summed E-state index contributed by atoms with van der Waals surface area (Å²) in [7, 11) is 0. The van der Waals surface area contributed by atoms with Crippen molar-refractivity contribution in [1.82, 2.24) is 19.9 Å². The molecule has 2 heterocycles. The Morgan fingerprint density at radius 3 is 2.61 bits per heavy atom. The van der Waals surface area contributed by atoms with Crippen LogP contribution in [0.3, 0.4) is 0 Å². The number of allylic oxidation sites excluding steroid dienone is 1. The van der Waals surface area contributed by atoms with Crippen molar-refractivity contribution in [3.8, 4) is 0 Å². The predicted octanol–water partition coefficient (Wildman–Crippen LogP) is 7.32. The number of aliphatic hydroxyl groups excluding tert-OH is 1. The number of nitrogens with zero attached hydrogens (tertiary/aromatic N) is 3. The van der Waals surface area contributed by atoms with Gasteiger partial charge in [0.1, 0.15) is 11.8 Å². The van der Waals surface area contributed by atoms with Crippen molar-refractivity contribution in [2.24, 2.45) is 46.3 Å². The molecule has 0 unspecified atom stereocenters. The molecule has 0 aliphatic heterocycles. The summed E-state index contributed by atoms with van der Waals surface area (Å²) in [6.45, 7) is 12.6. The molecule has 0 saturated heterocycles. The first kappa shape index (κ1) is 27.6. The molecule has 210 valence electrons. The van der Waals surface area contributed by atoms with Crippen molar-refractivity contribution in [3.05, 3.63) is 24.3 Å². The Kier molecular flexibility index (Phi) is 7.92. The van der Waals surface area contributed by atoms with Crippen LogP contribution < -0.4 is 5.73 Å². The average Bonchev–Trinajstić information content (AvgIpc) is 3.50. The molecule has 3 fully saturated rings. The Labute approximate surface area is 229 Å². The van der Waals surface area contributed by atoms with E-state index in [-0.39, 0.29) is 6.10 Å². The van der Waals surface area contributed by atoms with Crippen molar-refractivity contribution in [1.29, 1.82) is 0 Å². The summed E-state index contributed by atoms with van der Waals surface area (Å²) in [6.07, 6.45) is 20.1. The van der Waals surface area contributed by atoms with E-state index in [1.165, 1.54) is 70.4 Å². The van der Waals surface area contributed by atoms with Gasteiger partial charge in [0.15, 0.2) is 11.5 Å². The fourth-order valence-corrected chi connectivity index (χ4v) is 9.45. The number of H-pyrrole nitrogens is 1. The molecular formula is C32H51N5O. The Morgan fingerprint density at radius 2 is 1.84 bits per heavy atom. The number of nitrogen functional groups attached to an aromatic ring is 1. The minimum absolute atomic E-state index is 0.0766. The molecule has 3 saturated carbocycles. The van der Waals surface area contributed by atoms with Crippen LogP contribution >= 0.6 is 0 Å². The highest BCUT2D eigenvalue weighted by Crippen LogP contribution is 2.67. The number of imidazole rings is 1. The number of anilines is 1. The van der Waals surface area contributed by atoms with Gasteiger partial charge in [-0.05, 0) is 97.7 Å². The first-order chi connectivity index (χ1) is 18.1. The third kappa shape index (κ3) is 5.02. The van der Waals surface area contributed by atoms with E-state index in [4.69, 9.17) is 5.73 Å². The number of fused-ring (bicyclic) bond motifs is 6. The zero-order valence-corrected chi connectivity index (χ0v) is 24.4. The van der Waals surface area contributed by atoms with Gasteiger partial charge in [0.2, 0.25) is 0 Å². The summed E-state index contributed by atoms with van der Waals surface area (Å²) in [5, 5.41) is 10.2. The molecule has 0 amide bonds. The largest absolute Gasteiger partial charge is 0.393 e. The smallest absolute Gasteiger partial charge is 0.162 e. The van der Waals surface area contributed by atoms with Crippen LogP contribution in [0.4, 0.5) is 5.82 Å². The monoisotopic (exact) mass is 521 g/mol. The zero-order valence-electron chi connectivity index (χ0n) is 24.4. The van der Waals surface area contributed by atoms with Gasteiger partial charge < -0.3 is 15.8 Å². The van der Waals surface area contributed by atoms with Gasteiger partial charge in [-0.25, -0.2) is 15.0 Å². The van der Waals surface area contributed by atoms with Crippen molar-refractivity contribution in [3.63, 3.8) is 0 Å². The molecular weight excluding hydrogens is 470 g/mol. The van der Waals surface area contributed by atoms with Crippen LogP contribution in [0.2, 0.25) is 0 Å². The number of aliphatic hydroxyl groups is 1. The number of aromatic amines is 1. The zero-order chi connectivity index (χ0) is 27.1. The van der Waals surface area contributed by atoms with Gasteiger partial charge in [0.25, 0.3) is 0 Å². The van der Waals surface area contributed by atoms with Crippen LogP contribution in [0.15, 0.2) is 24.3 Å². The Morgan fingerprint density at radius 1 is 1.03 bits per heavy atom. The molecule has 2 aromatic heterocycles. The second-order valence-electron chi connectivity index (χ2n) is 14.0. The molecule has 0 aromatic carbocycles. The van der Waals surface area contributed by atoms with Crippen LogP contribution in [0, 0.1) is 46.3 Å². The van der Waals surface area contributed by atoms with Crippen LogP contribution in [-0.4, -0.2) is 31.1 Å².